The number of ether oxygens (including phenoxy) is 1. The smallest absolute Gasteiger partial charge is 0.410 e. The first-order valence-corrected chi connectivity index (χ1v) is 11.1. The van der Waals surface area contributed by atoms with Crippen LogP contribution in [-0.4, -0.2) is 66.2 Å². The number of hydrogen-bond acceptors (Lipinski definition) is 9. The van der Waals surface area contributed by atoms with Gasteiger partial charge in [-0.05, 0) is 44.3 Å². The highest BCUT2D eigenvalue weighted by atomic mass is 35.5. The molecule has 0 unspecified atom stereocenters. The Bertz CT molecular complexity index is 1220. The molecule has 12 heteroatoms. The van der Waals surface area contributed by atoms with Crippen LogP contribution >= 0.6 is 12.4 Å². The van der Waals surface area contributed by atoms with Gasteiger partial charge in [-0.2, -0.15) is 0 Å². The average molecular weight is 514 g/mol. The van der Waals surface area contributed by atoms with Crippen LogP contribution in [0.25, 0.3) is 0 Å². The molecule has 1 aliphatic rings. The van der Waals surface area contributed by atoms with Crippen LogP contribution < -0.4 is 19.9 Å². The van der Waals surface area contributed by atoms with Gasteiger partial charge in [0.25, 0.3) is 5.69 Å². The van der Waals surface area contributed by atoms with Crippen LogP contribution in [0.3, 0.4) is 0 Å². The van der Waals surface area contributed by atoms with E-state index >= 15 is 0 Å². The van der Waals surface area contributed by atoms with Crippen LogP contribution in [-0.2, 0) is 0 Å². The zero-order chi connectivity index (χ0) is 24.9. The molecule has 3 aromatic rings. The third kappa shape index (κ3) is 6.58. The van der Waals surface area contributed by atoms with Crippen LogP contribution in [0.5, 0.6) is 5.75 Å². The van der Waals surface area contributed by atoms with Crippen LogP contribution in [0.15, 0.2) is 54.6 Å². The lowest BCUT2D eigenvalue weighted by Gasteiger charge is -2.33. The summed E-state index contributed by atoms with van der Waals surface area (Å²) in [7, 11) is 4.02. The Hall–Kier alpha value is -3.96. The zero-order valence-corrected chi connectivity index (χ0v) is 21.1. The minimum Gasteiger partial charge on any atom is -0.410 e. The Balaban J connectivity index is 0.00000361. The predicted octanol–water partition coefficient (Wildman–Crippen LogP) is 4.25. The molecule has 0 atom stereocenters. The fourth-order valence-corrected chi connectivity index (χ4v) is 3.72. The lowest BCUT2D eigenvalue weighted by atomic mass is 10.2. The number of carbonyl (C=O) groups is 1. The van der Waals surface area contributed by atoms with Gasteiger partial charge < -0.3 is 19.4 Å². The van der Waals surface area contributed by atoms with E-state index in [9.17, 15) is 14.9 Å². The SMILES string of the molecule is Cc1nc(N2CCN(C)CC2)cc(N(C)c2cccc(NC(=O)Oc3ccc([N+](=O)[O-])cc3)c2)n1.Cl. The quantitative estimate of drug-likeness (QED) is 0.381. The van der Waals surface area contributed by atoms with Crippen molar-refractivity contribution in [2.24, 2.45) is 0 Å². The van der Waals surface area contributed by atoms with Crippen LogP contribution in [0.2, 0.25) is 0 Å². The van der Waals surface area contributed by atoms with Crippen molar-refractivity contribution in [1.29, 1.82) is 0 Å². The number of anilines is 4. The summed E-state index contributed by atoms with van der Waals surface area (Å²) in [6, 6.07) is 14.6. The van der Waals surface area contributed by atoms with E-state index in [4.69, 9.17) is 4.74 Å². The Morgan fingerprint density at radius 3 is 2.44 bits per heavy atom. The molecule has 1 saturated heterocycles. The lowest BCUT2D eigenvalue weighted by molar-refractivity contribution is -0.384. The number of non-ortho nitro benzene ring substituents is 1. The van der Waals surface area contributed by atoms with Gasteiger partial charge in [-0.1, -0.05) is 6.07 Å². The molecule has 1 amide bonds. The maximum atomic E-state index is 12.3. The molecule has 0 aliphatic carbocycles. The number of piperazine rings is 1. The molecule has 1 fully saturated rings. The molecule has 0 bridgehead atoms. The number of nitro groups is 1. The number of rotatable bonds is 6. The van der Waals surface area contributed by atoms with Crippen molar-refractivity contribution < 1.29 is 14.5 Å². The molecule has 0 radical (unpaired) electrons. The van der Waals surface area contributed by atoms with E-state index < -0.39 is 11.0 Å². The fourth-order valence-electron chi connectivity index (χ4n) is 3.72. The molecular formula is C24H28ClN7O4. The second kappa shape index (κ2) is 11.6. The zero-order valence-electron chi connectivity index (χ0n) is 20.2. The summed E-state index contributed by atoms with van der Waals surface area (Å²) < 4.78 is 5.23. The normalized spacial score (nSPS) is 13.5. The predicted molar refractivity (Wildman–Crippen MR) is 141 cm³/mol. The number of nitrogens with one attached hydrogen (secondary N) is 1. The van der Waals surface area contributed by atoms with Crippen LogP contribution in [0.1, 0.15) is 5.82 Å². The number of nitro benzene ring substituents is 1. The topological polar surface area (TPSA) is 117 Å². The molecule has 1 N–H and O–H groups in total. The first-order valence-electron chi connectivity index (χ1n) is 11.1. The Kier molecular flexibility index (Phi) is 8.62. The van der Waals surface area contributed by atoms with E-state index in [0.29, 0.717) is 11.5 Å². The summed E-state index contributed by atoms with van der Waals surface area (Å²) in [6.45, 7) is 5.66. The van der Waals surface area contributed by atoms with E-state index in [1.165, 1.54) is 24.3 Å². The average Bonchev–Trinajstić information content (AvgIpc) is 2.84. The molecule has 190 valence electrons. The summed E-state index contributed by atoms with van der Waals surface area (Å²) in [5.74, 6) is 2.53. The van der Waals surface area contributed by atoms with E-state index in [1.54, 1.807) is 6.07 Å². The van der Waals surface area contributed by atoms with Gasteiger partial charge in [0.2, 0.25) is 0 Å². The van der Waals surface area contributed by atoms with Crippen LogP contribution in [0, 0.1) is 17.0 Å². The monoisotopic (exact) mass is 513 g/mol. The molecular weight excluding hydrogens is 486 g/mol. The summed E-state index contributed by atoms with van der Waals surface area (Å²) in [5, 5.41) is 13.4. The van der Waals surface area contributed by atoms with Gasteiger partial charge >= 0.3 is 6.09 Å². The van der Waals surface area contributed by atoms with E-state index in [2.05, 4.69) is 32.1 Å². The number of aryl methyl sites for hydroxylation is 1. The summed E-state index contributed by atoms with van der Waals surface area (Å²) >= 11 is 0. The molecule has 1 aromatic heterocycles. The molecule has 2 heterocycles. The minimum absolute atomic E-state index is 0. The maximum Gasteiger partial charge on any atom is 0.417 e. The number of aromatic nitrogens is 2. The first-order chi connectivity index (χ1) is 16.8. The molecule has 1 aliphatic heterocycles. The van der Waals surface area contributed by atoms with E-state index in [-0.39, 0.29) is 23.8 Å². The number of amides is 1. The van der Waals surface area contributed by atoms with Crippen LogP contribution in [0.4, 0.5) is 33.5 Å². The van der Waals surface area contributed by atoms with Crippen molar-refractivity contribution in [3.63, 3.8) is 0 Å². The van der Waals surface area contributed by atoms with E-state index in [1.807, 2.05) is 43.1 Å². The highest BCUT2D eigenvalue weighted by Crippen LogP contribution is 2.27. The second-order valence-corrected chi connectivity index (χ2v) is 8.30. The van der Waals surface area contributed by atoms with Crippen molar-refractivity contribution in [3.8, 4) is 5.75 Å². The molecule has 2 aromatic carbocycles. The van der Waals surface area contributed by atoms with Crippen molar-refractivity contribution >= 4 is 47.2 Å². The van der Waals surface area contributed by atoms with E-state index in [0.717, 1.165) is 43.5 Å². The Morgan fingerprint density at radius 1 is 1.08 bits per heavy atom. The van der Waals surface area contributed by atoms with Gasteiger partial charge in [-0.15, -0.1) is 12.4 Å². The Morgan fingerprint density at radius 2 is 1.78 bits per heavy atom. The Labute approximate surface area is 215 Å². The third-order valence-corrected chi connectivity index (χ3v) is 5.72. The van der Waals surface area contributed by atoms with Crippen molar-refractivity contribution in [2.75, 3.05) is 55.4 Å². The number of nitrogens with zero attached hydrogens (tertiary/aromatic N) is 6. The number of benzene rings is 2. The molecule has 36 heavy (non-hydrogen) atoms. The summed E-state index contributed by atoms with van der Waals surface area (Å²) in [4.78, 5) is 38.3. The van der Waals surface area contributed by atoms with Crippen molar-refractivity contribution in [3.05, 3.63) is 70.5 Å². The van der Waals surface area contributed by atoms with Gasteiger partial charge in [0.05, 0.1) is 4.92 Å². The largest absolute Gasteiger partial charge is 0.417 e. The third-order valence-electron chi connectivity index (χ3n) is 5.72. The lowest BCUT2D eigenvalue weighted by Crippen LogP contribution is -2.45. The first kappa shape index (κ1) is 26.6. The molecule has 4 rings (SSSR count). The maximum absolute atomic E-state index is 12.3. The molecule has 0 saturated carbocycles. The van der Waals surface area contributed by atoms with Gasteiger partial charge in [-0.3, -0.25) is 15.4 Å². The summed E-state index contributed by atoms with van der Waals surface area (Å²) in [5.41, 5.74) is 1.27. The highest BCUT2D eigenvalue weighted by Gasteiger charge is 2.18. The van der Waals surface area contributed by atoms with Crippen molar-refractivity contribution in [1.82, 2.24) is 14.9 Å². The second-order valence-electron chi connectivity index (χ2n) is 8.30. The highest BCUT2D eigenvalue weighted by molar-refractivity contribution is 5.87. The molecule has 0 spiro atoms. The molecule has 11 nitrogen and oxygen atoms in total. The number of hydrogen-bond donors (Lipinski definition) is 1. The van der Waals surface area contributed by atoms with Crippen molar-refractivity contribution in [2.45, 2.75) is 6.92 Å². The standard InChI is InChI=1S/C24H27N7O4.ClH/c1-17-25-22(16-23(26-17)30-13-11-28(2)12-14-30)29(3)20-6-4-5-18(15-20)27-24(32)35-21-9-7-19(8-10-21)31(33)34;/h4-10,15-16H,11-14H2,1-3H3,(H,27,32);1H. The van der Waals surface area contributed by atoms with Gasteiger partial charge in [-0.25, -0.2) is 14.8 Å². The number of likely N-dealkylation sites (N-methyl/N-ethyl adjacent to an activating group) is 1. The van der Waals surface area contributed by atoms with Gasteiger partial charge in [0.1, 0.15) is 23.2 Å². The summed E-state index contributed by atoms with van der Waals surface area (Å²) in [6.07, 6.45) is -0.700. The number of halogens is 1. The fraction of sp³-hybridized carbons (Fsp3) is 0.292. The van der Waals surface area contributed by atoms with Gasteiger partial charge in [0, 0.05) is 62.8 Å². The number of carbonyl (C=O) groups excluding carboxylic acids is 1. The minimum atomic E-state index is -0.700. The van der Waals surface area contributed by atoms with Gasteiger partial charge in [0.15, 0.2) is 0 Å².